The molecule has 0 fully saturated rings. The van der Waals surface area contributed by atoms with Crippen LogP contribution in [0.25, 0.3) is 0 Å². The van der Waals surface area contributed by atoms with Gasteiger partial charge in [0.1, 0.15) is 0 Å². The second kappa shape index (κ2) is 6.51. The van der Waals surface area contributed by atoms with E-state index in [1.54, 1.807) is 0 Å². The van der Waals surface area contributed by atoms with Crippen LogP contribution in [0.3, 0.4) is 0 Å². The molecule has 0 saturated carbocycles. The van der Waals surface area contributed by atoms with Gasteiger partial charge in [0.25, 0.3) is 0 Å². The zero-order chi connectivity index (χ0) is 12.7. The minimum atomic E-state index is 0.293. The summed E-state index contributed by atoms with van der Waals surface area (Å²) in [5, 5.41) is 0. The first kappa shape index (κ1) is 13.9. The fraction of sp³-hybridized carbons (Fsp3) is 0.250. The first-order chi connectivity index (χ1) is 8.00. The van der Waals surface area contributed by atoms with Crippen molar-refractivity contribution < 1.29 is 0 Å². The SMILES string of the molecule is CC(C)(C)c1ccccc1.Sc1ccccc1. The first-order valence-corrected chi connectivity index (χ1v) is 6.24. The van der Waals surface area contributed by atoms with Crippen molar-refractivity contribution in [3.8, 4) is 0 Å². The molecule has 0 radical (unpaired) electrons. The topological polar surface area (TPSA) is 0 Å². The predicted octanol–water partition coefficient (Wildman–Crippen LogP) is 4.96. The summed E-state index contributed by atoms with van der Waals surface area (Å²) in [7, 11) is 0. The van der Waals surface area contributed by atoms with Crippen LogP contribution in [0.2, 0.25) is 0 Å². The van der Waals surface area contributed by atoms with Gasteiger partial charge in [-0.15, -0.1) is 12.6 Å². The highest BCUT2D eigenvalue weighted by Gasteiger charge is 2.11. The first-order valence-electron chi connectivity index (χ1n) is 5.79. The molecule has 0 nitrogen and oxygen atoms in total. The molecule has 1 heteroatoms. The van der Waals surface area contributed by atoms with Crippen LogP contribution >= 0.6 is 12.6 Å². The number of thiol groups is 1. The van der Waals surface area contributed by atoms with Crippen LogP contribution in [0.5, 0.6) is 0 Å². The summed E-state index contributed by atoms with van der Waals surface area (Å²) in [5.41, 5.74) is 1.69. The van der Waals surface area contributed by atoms with Crippen molar-refractivity contribution in [1.29, 1.82) is 0 Å². The fourth-order valence-electron chi connectivity index (χ4n) is 1.37. The van der Waals surface area contributed by atoms with Gasteiger partial charge in [-0.05, 0) is 23.1 Å². The van der Waals surface area contributed by atoms with Gasteiger partial charge in [0.15, 0.2) is 0 Å². The second-order valence-electron chi connectivity index (χ2n) is 4.95. The highest BCUT2D eigenvalue weighted by Crippen LogP contribution is 2.20. The van der Waals surface area contributed by atoms with E-state index >= 15 is 0 Å². The largest absolute Gasteiger partial charge is 0.143 e. The number of hydrogen-bond donors (Lipinski definition) is 1. The molecule has 0 aliphatic carbocycles. The van der Waals surface area contributed by atoms with Gasteiger partial charge in [0.05, 0.1) is 0 Å². The predicted molar refractivity (Wildman–Crippen MR) is 78.8 cm³/mol. The minimum absolute atomic E-state index is 0.293. The lowest BCUT2D eigenvalue weighted by atomic mass is 9.87. The Bertz CT molecular complexity index is 412. The van der Waals surface area contributed by atoms with Crippen molar-refractivity contribution in [1.82, 2.24) is 0 Å². The smallest absolute Gasteiger partial charge is 0.00399 e. The summed E-state index contributed by atoms with van der Waals surface area (Å²) in [6.07, 6.45) is 0. The molecular formula is C16H20S. The van der Waals surface area contributed by atoms with E-state index in [1.165, 1.54) is 5.56 Å². The van der Waals surface area contributed by atoms with E-state index in [4.69, 9.17) is 0 Å². The van der Waals surface area contributed by atoms with Crippen LogP contribution in [0, 0.1) is 0 Å². The monoisotopic (exact) mass is 244 g/mol. The molecule has 2 aromatic carbocycles. The van der Waals surface area contributed by atoms with E-state index in [0.29, 0.717) is 5.41 Å². The molecule has 2 aromatic rings. The molecule has 0 amide bonds. The van der Waals surface area contributed by atoms with Crippen molar-refractivity contribution in [2.24, 2.45) is 0 Å². The number of benzene rings is 2. The van der Waals surface area contributed by atoms with Gasteiger partial charge in [-0.3, -0.25) is 0 Å². The van der Waals surface area contributed by atoms with E-state index in [2.05, 4.69) is 63.7 Å². The molecule has 17 heavy (non-hydrogen) atoms. The van der Waals surface area contributed by atoms with Gasteiger partial charge in [-0.1, -0.05) is 69.3 Å². The molecule has 0 unspecified atom stereocenters. The molecule has 0 bridgehead atoms. The van der Waals surface area contributed by atoms with Crippen molar-refractivity contribution in [2.75, 3.05) is 0 Å². The Balaban J connectivity index is 0.000000181. The average Bonchev–Trinajstić information content (AvgIpc) is 2.31. The van der Waals surface area contributed by atoms with E-state index in [0.717, 1.165) is 4.90 Å². The Hall–Kier alpha value is -1.21. The second-order valence-corrected chi connectivity index (χ2v) is 5.47. The Morgan fingerprint density at radius 3 is 1.35 bits per heavy atom. The molecule has 0 saturated heterocycles. The maximum atomic E-state index is 4.08. The summed E-state index contributed by atoms with van der Waals surface area (Å²) in [6, 6.07) is 20.3. The zero-order valence-corrected chi connectivity index (χ0v) is 11.6. The highest BCUT2D eigenvalue weighted by atomic mass is 32.1. The molecule has 0 aromatic heterocycles. The molecule has 0 aliphatic rings. The maximum Gasteiger partial charge on any atom is 0.00399 e. The lowest BCUT2D eigenvalue weighted by Crippen LogP contribution is -2.10. The summed E-state index contributed by atoms with van der Waals surface area (Å²) >= 11 is 4.08. The maximum absolute atomic E-state index is 4.08. The molecule has 0 atom stereocenters. The van der Waals surface area contributed by atoms with Crippen LogP contribution in [-0.2, 0) is 5.41 Å². The van der Waals surface area contributed by atoms with Gasteiger partial charge >= 0.3 is 0 Å². The van der Waals surface area contributed by atoms with Crippen molar-refractivity contribution in [2.45, 2.75) is 31.1 Å². The van der Waals surface area contributed by atoms with Crippen molar-refractivity contribution in [3.05, 3.63) is 66.2 Å². The van der Waals surface area contributed by atoms with Gasteiger partial charge in [-0.25, -0.2) is 0 Å². The third kappa shape index (κ3) is 5.60. The Labute approximate surface area is 110 Å². The van der Waals surface area contributed by atoms with Crippen molar-refractivity contribution >= 4 is 12.6 Å². The minimum Gasteiger partial charge on any atom is -0.143 e. The molecule has 0 aliphatic heterocycles. The average molecular weight is 244 g/mol. The van der Waals surface area contributed by atoms with Crippen LogP contribution in [0.1, 0.15) is 26.3 Å². The van der Waals surface area contributed by atoms with Gasteiger partial charge in [0.2, 0.25) is 0 Å². The molecule has 90 valence electrons. The summed E-state index contributed by atoms with van der Waals surface area (Å²) in [5.74, 6) is 0. The van der Waals surface area contributed by atoms with E-state index in [9.17, 15) is 0 Å². The fourth-order valence-corrected chi connectivity index (χ4v) is 1.54. The van der Waals surface area contributed by atoms with Crippen LogP contribution in [-0.4, -0.2) is 0 Å². The summed E-state index contributed by atoms with van der Waals surface area (Å²) in [4.78, 5) is 1.02. The Morgan fingerprint density at radius 1 is 0.706 bits per heavy atom. The van der Waals surface area contributed by atoms with Crippen LogP contribution < -0.4 is 0 Å². The summed E-state index contributed by atoms with van der Waals surface area (Å²) < 4.78 is 0. The normalized spacial score (nSPS) is 10.4. The molecule has 0 N–H and O–H groups in total. The van der Waals surface area contributed by atoms with Crippen molar-refractivity contribution in [3.63, 3.8) is 0 Å². The quantitative estimate of drug-likeness (QED) is 0.622. The third-order valence-corrected chi connectivity index (χ3v) is 2.69. The molecule has 2 rings (SSSR count). The number of rotatable bonds is 0. The molecular weight excluding hydrogens is 224 g/mol. The standard InChI is InChI=1S/C10H14.C6H6S/c1-10(2,3)9-7-5-4-6-8-9;7-6-4-2-1-3-5-6/h4-8H,1-3H3;1-5,7H. The van der Waals surface area contributed by atoms with E-state index in [1.807, 2.05) is 30.3 Å². The van der Waals surface area contributed by atoms with Gasteiger partial charge < -0.3 is 0 Å². The Morgan fingerprint density at radius 2 is 1.12 bits per heavy atom. The Kier molecular flexibility index (Phi) is 5.30. The molecule has 0 spiro atoms. The lowest BCUT2D eigenvalue weighted by molar-refractivity contribution is 0.590. The number of hydrogen-bond acceptors (Lipinski definition) is 1. The van der Waals surface area contributed by atoms with E-state index < -0.39 is 0 Å². The summed E-state index contributed by atoms with van der Waals surface area (Å²) in [6.45, 7) is 6.67. The lowest BCUT2D eigenvalue weighted by Gasteiger charge is -2.18. The molecule has 0 heterocycles. The zero-order valence-electron chi connectivity index (χ0n) is 10.7. The van der Waals surface area contributed by atoms with Gasteiger partial charge in [0, 0.05) is 4.90 Å². The van der Waals surface area contributed by atoms with Crippen LogP contribution in [0.15, 0.2) is 65.6 Å². The van der Waals surface area contributed by atoms with Gasteiger partial charge in [-0.2, -0.15) is 0 Å². The highest BCUT2D eigenvalue weighted by molar-refractivity contribution is 7.80. The van der Waals surface area contributed by atoms with E-state index in [-0.39, 0.29) is 0 Å². The third-order valence-electron chi connectivity index (χ3n) is 2.40. The van der Waals surface area contributed by atoms with Crippen LogP contribution in [0.4, 0.5) is 0 Å².